The van der Waals surface area contributed by atoms with Gasteiger partial charge in [0.05, 0.1) is 35.7 Å². The molecule has 0 fully saturated rings. The van der Waals surface area contributed by atoms with Gasteiger partial charge in [-0.15, -0.1) is 0 Å². The van der Waals surface area contributed by atoms with Crippen LogP contribution in [-0.2, 0) is 15.9 Å². The molecule has 0 aliphatic carbocycles. The topological polar surface area (TPSA) is 122 Å². The van der Waals surface area contributed by atoms with Crippen LogP contribution < -0.4 is 21.5 Å². The van der Waals surface area contributed by atoms with E-state index in [9.17, 15) is 4.79 Å². The molecule has 0 aliphatic heterocycles. The Morgan fingerprint density at radius 1 is 1.13 bits per heavy atom. The number of anilines is 2. The first-order chi connectivity index (χ1) is 15.1. The number of aromatic nitrogens is 1. The van der Waals surface area contributed by atoms with Gasteiger partial charge in [-0.2, -0.15) is 0 Å². The van der Waals surface area contributed by atoms with Gasteiger partial charge in [0, 0.05) is 12.0 Å². The smallest absolute Gasteiger partial charge is 0.404 e. The summed E-state index contributed by atoms with van der Waals surface area (Å²) in [5.74, 6) is 0.690. The van der Waals surface area contributed by atoms with Crippen LogP contribution in [0.15, 0.2) is 54.7 Å². The average Bonchev–Trinajstić information content (AvgIpc) is 2.77. The maximum atomic E-state index is 10.6. The molecule has 164 valence electrons. The summed E-state index contributed by atoms with van der Waals surface area (Å²) in [5.41, 5.74) is 14.6. The number of rotatable bonds is 11. The molecule has 0 saturated heterocycles. The molecule has 1 aromatic heterocycles. The minimum Gasteiger partial charge on any atom is -0.490 e. The highest BCUT2D eigenvalue weighted by molar-refractivity contribution is 5.96. The Kier molecular flexibility index (Phi) is 7.89. The molecule has 1 unspecified atom stereocenters. The van der Waals surface area contributed by atoms with Crippen molar-refractivity contribution in [3.05, 3.63) is 60.3 Å². The summed E-state index contributed by atoms with van der Waals surface area (Å²) in [5, 5.41) is 4.54. The van der Waals surface area contributed by atoms with Gasteiger partial charge < -0.3 is 31.0 Å². The van der Waals surface area contributed by atoms with Crippen molar-refractivity contribution >= 4 is 28.4 Å². The molecule has 5 N–H and O–H groups in total. The van der Waals surface area contributed by atoms with E-state index >= 15 is 0 Å². The minimum absolute atomic E-state index is 0.0174. The van der Waals surface area contributed by atoms with Crippen molar-refractivity contribution < 1.29 is 19.0 Å². The summed E-state index contributed by atoms with van der Waals surface area (Å²) >= 11 is 0. The van der Waals surface area contributed by atoms with E-state index in [-0.39, 0.29) is 19.3 Å². The maximum absolute atomic E-state index is 10.6. The number of pyridine rings is 1. The first-order valence-electron chi connectivity index (χ1n) is 10.2. The molecule has 8 heteroatoms. The Morgan fingerprint density at radius 2 is 1.90 bits per heavy atom. The molecule has 1 amide bonds. The fourth-order valence-electron chi connectivity index (χ4n) is 3.24. The third-order valence-electron chi connectivity index (χ3n) is 4.68. The minimum atomic E-state index is -0.811. The second kappa shape index (κ2) is 11.0. The Morgan fingerprint density at radius 3 is 2.65 bits per heavy atom. The van der Waals surface area contributed by atoms with Crippen molar-refractivity contribution in [2.45, 2.75) is 19.4 Å². The molecule has 1 heterocycles. The fourth-order valence-corrected chi connectivity index (χ4v) is 3.24. The summed E-state index contributed by atoms with van der Waals surface area (Å²) in [7, 11) is 0. The first-order valence-corrected chi connectivity index (χ1v) is 10.2. The van der Waals surface area contributed by atoms with Crippen LogP contribution in [0.5, 0.6) is 5.75 Å². The van der Waals surface area contributed by atoms with Crippen LogP contribution in [-0.4, -0.2) is 43.5 Å². The highest BCUT2D eigenvalue weighted by atomic mass is 16.6. The molecule has 3 rings (SSSR count). The summed E-state index contributed by atoms with van der Waals surface area (Å²) in [6.07, 6.45) is 1.60. The van der Waals surface area contributed by atoms with Crippen LogP contribution in [0.1, 0.15) is 12.5 Å². The number of amides is 1. The van der Waals surface area contributed by atoms with Crippen molar-refractivity contribution in [2.24, 2.45) is 5.73 Å². The molecule has 2 aromatic carbocycles. The highest BCUT2D eigenvalue weighted by Gasteiger charge is 2.14. The van der Waals surface area contributed by atoms with Gasteiger partial charge in [-0.05, 0) is 37.1 Å². The number of ether oxygens (including phenoxy) is 3. The van der Waals surface area contributed by atoms with Gasteiger partial charge >= 0.3 is 6.09 Å². The number of nitrogen functional groups attached to an aromatic ring is 1. The molecule has 0 bridgehead atoms. The number of fused-ring (bicyclic) bond motifs is 1. The lowest BCUT2D eigenvalue weighted by atomic mass is 10.0. The third-order valence-corrected chi connectivity index (χ3v) is 4.68. The van der Waals surface area contributed by atoms with Crippen molar-refractivity contribution in [3.63, 3.8) is 0 Å². The van der Waals surface area contributed by atoms with Gasteiger partial charge in [-0.1, -0.05) is 30.3 Å². The predicted octanol–water partition coefficient (Wildman–Crippen LogP) is 3.35. The molecule has 0 radical (unpaired) electrons. The SMILES string of the molecule is CCOCC(Cc1ccc(OCCOC(N)=O)cc1)Nc1c(N)cnc2ccccc12. The van der Waals surface area contributed by atoms with Crippen LogP contribution in [0, 0.1) is 0 Å². The van der Waals surface area contributed by atoms with E-state index in [2.05, 4.69) is 15.0 Å². The van der Waals surface area contributed by atoms with Crippen LogP contribution in [0.4, 0.5) is 16.2 Å². The van der Waals surface area contributed by atoms with E-state index in [0.717, 1.165) is 28.6 Å². The van der Waals surface area contributed by atoms with E-state index in [1.807, 2.05) is 55.5 Å². The van der Waals surface area contributed by atoms with E-state index in [1.165, 1.54) is 0 Å². The molecule has 31 heavy (non-hydrogen) atoms. The van der Waals surface area contributed by atoms with Gasteiger partial charge in [0.2, 0.25) is 0 Å². The Balaban J connectivity index is 1.68. The molecule has 3 aromatic rings. The Bertz CT molecular complexity index is 995. The van der Waals surface area contributed by atoms with Gasteiger partial charge in [0.25, 0.3) is 0 Å². The summed E-state index contributed by atoms with van der Waals surface area (Å²) in [6, 6.07) is 15.7. The second-order valence-corrected chi connectivity index (χ2v) is 6.97. The zero-order chi connectivity index (χ0) is 22.1. The van der Waals surface area contributed by atoms with Crippen molar-refractivity contribution in [2.75, 3.05) is 37.5 Å². The standard InChI is InChI=1S/C23H28N4O4/c1-2-29-15-17(27-22-19-5-3-4-6-21(19)26-14-20(22)24)13-16-7-9-18(10-8-16)30-11-12-31-23(25)28/h3-10,14,17H,2,11-13,15,24H2,1H3,(H2,25,28)(H,26,27). The zero-order valence-electron chi connectivity index (χ0n) is 17.5. The van der Waals surface area contributed by atoms with Gasteiger partial charge in [-0.25, -0.2) is 4.79 Å². The van der Waals surface area contributed by atoms with Crippen LogP contribution in [0.2, 0.25) is 0 Å². The number of carbonyl (C=O) groups is 1. The molecule has 0 aliphatic rings. The lowest BCUT2D eigenvalue weighted by Gasteiger charge is -2.22. The average molecular weight is 425 g/mol. The third kappa shape index (κ3) is 6.48. The number of nitrogens with zero attached hydrogens (tertiary/aromatic N) is 1. The number of hydrogen-bond donors (Lipinski definition) is 3. The molecular weight excluding hydrogens is 396 g/mol. The largest absolute Gasteiger partial charge is 0.490 e. The number of benzene rings is 2. The van der Waals surface area contributed by atoms with E-state index < -0.39 is 6.09 Å². The van der Waals surface area contributed by atoms with Gasteiger partial charge in [0.15, 0.2) is 0 Å². The quantitative estimate of drug-likeness (QED) is 0.404. The van der Waals surface area contributed by atoms with Crippen LogP contribution in [0.25, 0.3) is 10.9 Å². The van der Waals surface area contributed by atoms with E-state index in [1.54, 1.807) is 6.20 Å². The van der Waals surface area contributed by atoms with Crippen molar-refractivity contribution in [1.82, 2.24) is 4.98 Å². The van der Waals surface area contributed by atoms with Crippen molar-refractivity contribution in [1.29, 1.82) is 0 Å². The number of carbonyl (C=O) groups excluding carboxylic acids is 1. The normalized spacial score (nSPS) is 11.8. The molecule has 0 saturated carbocycles. The molecular formula is C23H28N4O4. The van der Waals surface area contributed by atoms with Crippen LogP contribution in [0.3, 0.4) is 0 Å². The zero-order valence-corrected chi connectivity index (χ0v) is 17.5. The van der Waals surface area contributed by atoms with E-state index in [0.29, 0.717) is 24.7 Å². The summed E-state index contributed by atoms with van der Waals surface area (Å²) in [4.78, 5) is 15.0. The maximum Gasteiger partial charge on any atom is 0.404 e. The number of hydrogen-bond acceptors (Lipinski definition) is 7. The second-order valence-electron chi connectivity index (χ2n) is 6.97. The first kappa shape index (κ1) is 22.2. The number of para-hydroxylation sites is 1. The summed E-state index contributed by atoms with van der Waals surface area (Å²) in [6.45, 7) is 3.49. The monoisotopic (exact) mass is 424 g/mol. The highest BCUT2D eigenvalue weighted by Crippen LogP contribution is 2.28. The van der Waals surface area contributed by atoms with Crippen molar-refractivity contribution in [3.8, 4) is 5.75 Å². The lowest BCUT2D eigenvalue weighted by molar-refractivity contribution is 0.133. The Hall–Kier alpha value is -3.52. The van der Waals surface area contributed by atoms with Gasteiger partial charge in [0.1, 0.15) is 19.0 Å². The summed E-state index contributed by atoms with van der Waals surface area (Å²) < 4.78 is 15.9. The molecule has 8 nitrogen and oxygen atoms in total. The molecule has 1 atom stereocenters. The number of nitrogens with two attached hydrogens (primary N) is 2. The van der Waals surface area contributed by atoms with Gasteiger partial charge in [-0.3, -0.25) is 4.98 Å². The molecule has 0 spiro atoms. The van der Waals surface area contributed by atoms with Crippen LogP contribution >= 0.6 is 0 Å². The number of primary amides is 1. The Labute approximate surface area is 181 Å². The lowest BCUT2D eigenvalue weighted by Crippen LogP contribution is -2.28. The van der Waals surface area contributed by atoms with E-state index in [4.69, 9.17) is 20.9 Å². The predicted molar refractivity (Wildman–Crippen MR) is 121 cm³/mol. The fraction of sp³-hybridized carbons (Fsp3) is 0.304. The number of nitrogens with one attached hydrogen (secondary N) is 1.